The van der Waals surface area contributed by atoms with Crippen LogP contribution in [0.3, 0.4) is 0 Å². The van der Waals surface area contributed by atoms with Crippen molar-refractivity contribution < 1.29 is 14.3 Å². The molecular weight excluding hydrogens is 372 g/mol. The van der Waals surface area contributed by atoms with Gasteiger partial charge < -0.3 is 4.74 Å². The molecule has 1 saturated heterocycles. The van der Waals surface area contributed by atoms with Gasteiger partial charge in [0.05, 0.1) is 29.7 Å². The van der Waals surface area contributed by atoms with E-state index in [1.807, 2.05) is 24.3 Å². The molecule has 5 nitrogen and oxygen atoms in total. The number of carbonyl (C=O) groups excluding carboxylic acids is 2. The van der Waals surface area contributed by atoms with Gasteiger partial charge in [-0.15, -0.1) is 0 Å². The van der Waals surface area contributed by atoms with Crippen LogP contribution in [-0.4, -0.2) is 22.7 Å². The summed E-state index contributed by atoms with van der Waals surface area (Å²) in [5.41, 5.74) is 1.93. The molecule has 1 aliphatic rings. The van der Waals surface area contributed by atoms with Crippen LogP contribution in [0.15, 0.2) is 53.4 Å². The predicted molar refractivity (Wildman–Crippen MR) is 109 cm³/mol. The highest BCUT2D eigenvalue weighted by molar-refractivity contribution is 8.18. The van der Waals surface area contributed by atoms with Gasteiger partial charge in [0.15, 0.2) is 0 Å². The summed E-state index contributed by atoms with van der Waals surface area (Å²) in [7, 11) is 0. The molecule has 0 spiro atoms. The maximum atomic E-state index is 12.7. The smallest absolute Gasteiger partial charge is 0.293 e. The standard InChI is InChI=1S/C22H20N2O3S/c1-15(2)14-27-19-9-7-16(8-10-19)11-20-21(25)24(22(26)28-20)13-18-6-4-3-5-17(18)12-23/h3-11,15H,13-14H2,1-2H3/b20-11-. The third-order valence-corrected chi connectivity index (χ3v) is 5.01. The summed E-state index contributed by atoms with van der Waals surface area (Å²) >= 11 is 0.912. The fraction of sp³-hybridized carbons (Fsp3) is 0.227. The number of amides is 2. The van der Waals surface area contributed by atoms with Crippen molar-refractivity contribution in [3.8, 4) is 11.8 Å². The normalized spacial score (nSPS) is 15.4. The van der Waals surface area contributed by atoms with E-state index in [1.54, 1.807) is 30.3 Å². The molecule has 2 amide bonds. The molecule has 0 bridgehead atoms. The van der Waals surface area contributed by atoms with Crippen molar-refractivity contribution in [3.63, 3.8) is 0 Å². The molecule has 3 rings (SSSR count). The molecule has 0 unspecified atom stereocenters. The fourth-order valence-electron chi connectivity index (χ4n) is 2.65. The first-order valence-electron chi connectivity index (χ1n) is 8.94. The minimum Gasteiger partial charge on any atom is -0.493 e. The molecule has 28 heavy (non-hydrogen) atoms. The van der Waals surface area contributed by atoms with E-state index in [9.17, 15) is 14.9 Å². The van der Waals surface area contributed by atoms with Crippen LogP contribution in [0.25, 0.3) is 6.08 Å². The first kappa shape index (κ1) is 19.7. The second kappa shape index (κ2) is 8.77. The SMILES string of the molecule is CC(C)COc1ccc(/C=C2\SC(=O)N(Cc3ccccc3C#N)C2=O)cc1. The van der Waals surface area contributed by atoms with E-state index >= 15 is 0 Å². The molecule has 0 aromatic heterocycles. The summed E-state index contributed by atoms with van der Waals surface area (Å²) in [5, 5.41) is 8.86. The highest BCUT2D eigenvalue weighted by Crippen LogP contribution is 2.33. The quantitative estimate of drug-likeness (QED) is 0.659. The number of hydrogen-bond donors (Lipinski definition) is 0. The molecule has 1 heterocycles. The van der Waals surface area contributed by atoms with E-state index in [-0.39, 0.29) is 17.7 Å². The van der Waals surface area contributed by atoms with Crippen LogP contribution in [0.2, 0.25) is 0 Å². The summed E-state index contributed by atoms with van der Waals surface area (Å²) in [6.07, 6.45) is 1.70. The number of carbonyl (C=O) groups is 2. The zero-order valence-corrected chi connectivity index (χ0v) is 16.5. The number of nitriles is 1. The highest BCUT2D eigenvalue weighted by atomic mass is 32.2. The average Bonchev–Trinajstić information content (AvgIpc) is 2.95. The molecule has 0 aliphatic carbocycles. The minimum atomic E-state index is -0.345. The van der Waals surface area contributed by atoms with Crippen LogP contribution < -0.4 is 4.74 Å². The van der Waals surface area contributed by atoms with Crippen LogP contribution >= 0.6 is 11.8 Å². The average molecular weight is 392 g/mol. The molecule has 0 saturated carbocycles. The molecule has 6 heteroatoms. The predicted octanol–water partition coefficient (Wildman–Crippen LogP) is 4.83. The third-order valence-electron chi connectivity index (χ3n) is 4.10. The first-order valence-corrected chi connectivity index (χ1v) is 9.76. The summed E-state index contributed by atoms with van der Waals surface area (Å²) < 4.78 is 5.65. The first-order chi connectivity index (χ1) is 13.5. The van der Waals surface area contributed by atoms with Gasteiger partial charge in [-0.05, 0) is 53.1 Å². The van der Waals surface area contributed by atoms with Crippen LogP contribution in [0.5, 0.6) is 5.75 Å². The Bertz CT molecular complexity index is 958. The van der Waals surface area contributed by atoms with Gasteiger partial charge in [0.25, 0.3) is 11.1 Å². The maximum absolute atomic E-state index is 12.7. The van der Waals surface area contributed by atoms with Crippen LogP contribution in [0.1, 0.15) is 30.5 Å². The zero-order chi connectivity index (χ0) is 20.1. The van der Waals surface area contributed by atoms with E-state index in [4.69, 9.17) is 4.74 Å². The van der Waals surface area contributed by atoms with Gasteiger partial charge in [-0.3, -0.25) is 14.5 Å². The second-order valence-corrected chi connectivity index (χ2v) is 7.80. The van der Waals surface area contributed by atoms with E-state index in [1.165, 1.54) is 4.90 Å². The highest BCUT2D eigenvalue weighted by Gasteiger charge is 2.35. The van der Waals surface area contributed by atoms with Crippen molar-refractivity contribution in [3.05, 3.63) is 70.1 Å². The zero-order valence-electron chi connectivity index (χ0n) is 15.7. The monoisotopic (exact) mass is 392 g/mol. The number of ether oxygens (including phenoxy) is 1. The summed E-state index contributed by atoms with van der Waals surface area (Å²) in [6.45, 7) is 4.90. The van der Waals surface area contributed by atoms with Crippen molar-refractivity contribution in [1.82, 2.24) is 4.90 Å². The second-order valence-electron chi connectivity index (χ2n) is 6.81. The summed E-state index contributed by atoms with van der Waals surface area (Å²) in [5.74, 6) is 0.868. The van der Waals surface area contributed by atoms with Crippen molar-refractivity contribution in [2.45, 2.75) is 20.4 Å². The Kier molecular flexibility index (Phi) is 6.17. The number of hydrogen-bond acceptors (Lipinski definition) is 5. The number of nitrogens with zero attached hydrogens (tertiary/aromatic N) is 2. The fourth-order valence-corrected chi connectivity index (χ4v) is 3.49. The Morgan fingerprint density at radius 3 is 2.54 bits per heavy atom. The molecule has 142 valence electrons. The molecule has 0 N–H and O–H groups in total. The topological polar surface area (TPSA) is 70.4 Å². The lowest BCUT2D eigenvalue weighted by Crippen LogP contribution is -2.27. The van der Waals surface area contributed by atoms with E-state index < -0.39 is 0 Å². The molecular formula is C22H20N2O3S. The van der Waals surface area contributed by atoms with Crippen LogP contribution in [-0.2, 0) is 11.3 Å². The molecule has 2 aromatic rings. The summed E-state index contributed by atoms with van der Waals surface area (Å²) in [4.78, 5) is 26.5. The lowest BCUT2D eigenvalue weighted by Gasteiger charge is -2.13. The lowest BCUT2D eigenvalue weighted by molar-refractivity contribution is -0.123. The van der Waals surface area contributed by atoms with Crippen molar-refractivity contribution in [2.75, 3.05) is 6.61 Å². The van der Waals surface area contributed by atoms with Gasteiger partial charge in [0.2, 0.25) is 0 Å². The Labute approximate surface area is 168 Å². The van der Waals surface area contributed by atoms with Crippen LogP contribution in [0, 0.1) is 17.2 Å². The Hall–Kier alpha value is -3.04. The van der Waals surface area contributed by atoms with Gasteiger partial charge in [0.1, 0.15) is 5.75 Å². The Morgan fingerprint density at radius 2 is 1.86 bits per heavy atom. The molecule has 2 aromatic carbocycles. The lowest BCUT2D eigenvalue weighted by atomic mass is 10.1. The van der Waals surface area contributed by atoms with Crippen molar-refractivity contribution in [1.29, 1.82) is 5.26 Å². The maximum Gasteiger partial charge on any atom is 0.293 e. The number of imide groups is 1. The largest absolute Gasteiger partial charge is 0.493 e. The Balaban J connectivity index is 1.73. The van der Waals surface area contributed by atoms with E-state index in [0.29, 0.717) is 28.6 Å². The number of thioether (sulfide) groups is 1. The van der Waals surface area contributed by atoms with Crippen LogP contribution in [0.4, 0.5) is 4.79 Å². The van der Waals surface area contributed by atoms with E-state index in [0.717, 1.165) is 23.1 Å². The van der Waals surface area contributed by atoms with Gasteiger partial charge in [0, 0.05) is 0 Å². The van der Waals surface area contributed by atoms with E-state index in [2.05, 4.69) is 19.9 Å². The molecule has 1 fully saturated rings. The molecule has 1 aliphatic heterocycles. The van der Waals surface area contributed by atoms with Crippen molar-refractivity contribution in [2.24, 2.45) is 5.92 Å². The van der Waals surface area contributed by atoms with Gasteiger partial charge >= 0.3 is 0 Å². The molecule has 0 radical (unpaired) electrons. The Morgan fingerprint density at radius 1 is 1.14 bits per heavy atom. The summed E-state index contributed by atoms with van der Waals surface area (Å²) in [6, 6.07) is 16.5. The van der Waals surface area contributed by atoms with Gasteiger partial charge in [-0.25, -0.2) is 0 Å². The third kappa shape index (κ3) is 4.62. The number of benzene rings is 2. The minimum absolute atomic E-state index is 0.0910. The van der Waals surface area contributed by atoms with Crippen molar-refractivity contribution >= 4 is 29.0 Å². The van der Waals surface area contributed by atoms with Gasteiger partial charge in [-0.1, -0.05) is 44.2 Å². The van der Waals surface area contributed by atoms with Gasteiger partial charge in [-0.2, -0.15) is 5.26 Å². The number of rotatable bonds is 6. The molecule has 0 atom stereocenters.